The summed E-state index contributed by atoms with van der Waals surface area (Å²) >= 11 is 0. The fraction of sp³-hybridized carbons (Fsp3) is 0.250. The van der Waals surface area contributed by atoms with Crippen LogP contribution in [0.5, 0.6) is 5.75 Å². The van der Waals surface area contributed by atoms with Gasteiger partial charge in [-0.2, -0.15) is 0 Å². The first-order valence-electron chi connectivity index (χ1n) is 6.92. The predicted octanol–water partition coefficient (Wildman–Crippen LogP) is 2.00. The second-order valence-electron chi connectivity index (χ2n) is 4.71. The van der Waals surface area contributed by atoms with E-state index in [1.165, 1.54) is 0 Å². The van der Waals surface area contributed by atoms with Crippen molar-refractivity contribution in [3.63, 3.8) is 0 Å². The van der Waals surface area contributed by atoms with Gasteiger partial charge in [-0.05, 0) is 6.07 Å². The highest BCUT2D eigenvalue weighted by Gasteiger charge is 2.23. The number of ether oxygens (including phenoxy) is 1. The van der Waals surface area contributed by atoms with Gasteiger partial charge in [-0.1, -0.05) is 24.3 Å². The zero-order valence-corrected chi connectivity index (χ0v) is 12.7. The third-order valence-electron chi connectivity index (χ3n) is 3.25. The summed E-state index contributed by atoms with van der Waals surface area (Å²) in [6, 6.07) is 6.84. The van der Waals surface area contributed by atoms with Gasteiger partial charge in [0.25, 0.3) is 0 Å². The molecule has 0 fully saturated rings. The molecule has 1 atom stereocenters. The highest BCUT2D eigenvalue weighted by Crippen LogP contribution is 2.28. The van der Waals surface area contributed by atoms with E-state index in [1.807, 2.05) is 42.1 Å². The highest BCUT2D eigenvalue weighted by atomic mass is 16.5. The Bertz CT molecular complexity index is 651. The van der Waals surface area contributed by atoms with E-state index in [9.17, 15) is 4.79 Å². The summed E-state index contributed by atoms with van der Waals surface area (Å²) in [4.78, 5) is 16.4. The van der Waals surface area contributed by atoms with Gasteiger partial charge in [-0.15, -0.1) is 6.58 Å². The van der Waals surface area contributed by atoms with Crippen LogP contribution in [0.25, 0.3) is 0 Å². The Kier molecular flexibility index (Phi) is 5.19. The number of nitrogens with one attached hydrogen (secondary N) is 2. The number of carbonyl (C=O) groups excluding carboxylic acids is 1. The fourth-order valence-corrected chi connectivity index (χ4v) is 2.19. The van der Waals surface area contributed by atoms with Crippen molar-refractivity contribution in [2.45, 2.75) is 6.04 Å². The second-order valence-corrected chi connectivity index (χ2v) is 4.71. The molecule has 2 amide bonds. The molecule has 22 heavy (non-hydrogen) atoms. The largest absolute Gasteiger partial charge is 0.496 e. The van der Waals surface area contributed by atoms with Crippen LogP contribution in [0, 0.1) is 0 Å². The van der Waals surface area contributed by atoms with E-state index in [-0.39, 0.29) is 6.03 Å². The van der Waals surface area contributed by atoms with Crippen LogP contribution in [0.4, 0.5) is 4.79 Å². The summed E-state index contributed by atoms with van der Waals surface area (Å²) < 4.78 is 7.27. The molecule has 0 bridgehead atoms. The van der Waals surface area contributed by atoms with Crippen LogP contribution in [0.15, 0.2) is 49.3 Å². The van der Waals surface area contributed by atoms with Crippen LogP contribution >= 0.6 is 0 Å². The molecular formula is C16H20N4O2. The molecule has 1 unspecified atom stereocenters. The number of aryl methyl sites for hydroxylation is 1. The molecule has 0 radical (unpaired) electrons. The summed E-state index contributed by atoms with van der Waals surface area (Å²) in [7, 11) is 3.49. The maximum absolute atomic E-state index is 12.0. The average Bonchev–Trinajstić information content (AvgIpc) is 2.96. The summed E-state index contributed by atoms with van der Waals surface area (Å²) in [6.07, 6.45) is 5.15. The number of nitrogens with zero attached hydrogens (tertiary/aromatic N) is 2. The van der Waals surface area contributed by atoms with Gasteiger partial charge in [0, 0.05) is 31.5 Å². The van der Waals surface area contributed by atoms with Gasteiger partial charge in [-0.3, -0.25) is 0 Å². The predicted molar refractivity (Wildman–Crippen MR) is 84.8 cm³/mol. The van der Waals surface area contributed by atoms with Crippen molar-refractivity contribution in [3.05, 3.63) is 60.7 Å². The topological polar surface area (TPSA) is 68.2 Å². The van der Waals surface area contributed by atoms with Crippen molar-refractivity contribution in [1.82, 2.24) is 20.2 Å². The molecule has 0 spiro atoms. The molecule has 6 nitrogen and oxygen atoms in total. The number of amides is 2. The molecule has 0 aliphatic carbocycles. The number of imidazole rings is 1. The van der Waals surface area contributed by atoms with E-state index in [2.05, 4.69) is 22.2 Å². The van der Waals surface area contributed by atoms with Crippen LogP contribution in [-0.4, -0.2) is 29.2 Å². The van der Waals surface area contributed by atoms with Gasteiger partial charge in [-0.25, -0.2) is 9.78 Å². The lowest BCUT2D eigenvalue weighted by Crippen LogP contribution is -2.39. The first-order chi connectivity index (χ1) is 10.7. The Morgan fingerprint density at radius 3 is 2.91 bits per heavy atom. The lowest BCUT2D eigenvalue weighted by molar-refractivity contribution is 0.239. The number of rotatable bonds is 6. The van der Waals surface area contributed by atoms with Gasteiger partial charge < -0.3 is 19.9 Å². The van der Waals surface area contributed by atoms with E-state index in [1.54, 1.807) is 19.4 Å². The van der Waals surface area contributed by atoms with E-state index < -0.39 is 6.04 Å². The van der Waals surface area contributed by atoms with E-state index >= 15 is 0 Å². The number of methoxy groups -OCH3 is 1. The minimum atomic E-state index is -0.416. The van der Waals surface area contributed by atoms with Gasteiger partial charge >= 0.3 is 6.03 Å². The van der Waals surface area contributed by atoms with Gasteiger partial charge in [0.2, 0.25) is 0 Å². The van der Waals surface area contributed by atoms with Crippen LogP contribution in [-0.2, 0) is 7.05 Å². The second kappa shape index (κ2) is 7.31. The van der Waals surface area contributed by atoms with Crippen LogP contribution < -0.4 is 15.4 Å². The van der Waals surface area contributed by atoms with Gasteiger partial charge in [0.15, 0.2) is 0 Å². The maximum Gasteiger partial charge on any atom is 0.315 e. The molecule has 1 aromatic carbocycles. The molecule has 1 aromatic heterocycles. The van der Waals surface area contributed by atoms with Crippen molar-refractivity contribution in [1.29, 1.82) is 0 Å². The van der Waals surface area contributed by atoms with Crippen molar-refractivity contribution >= 4 is 6.03 Å². The number of para-hydroxylation sites is 1. The lowest BCUT2D eigenvalue weighted by atomic mass is 10.0. The zero-order valence-electron chi connectivity index (χ0n) is 12.7. The van der Waals surface area contributed by atoms with Crippen LogP contribution in [0.3, 0.4) is 0 Å². The number of hydrogen-bond donors (Lipinski definition) is 2. The Labute approximate surface area is 129 Å². The molecule has 116 valence electrons. The molecule has 0 aliphatic rings. The molecular weight excluding hydrogens is 280 g/mol. The Balaban J connectivity index is 2.35. The smallest absolute Gasteiger partial charge is 0.315 e. The summed E-state index contributed by atoms with van der Waals surface area (Å²) in [5.41, 5.74) is 0.841. The number of benzene rings is 1. The Morgan fingerprint density at radius 1 is 1.50 bits per heavy atom. The van der Waals surface area contributed by atoms with Crippen molar-refractivity contribution in [2.24, 2.45) is 7.05 Å². The number of aromatic nitrogens is 2. The zero-order chi connectivity index (χ0) is 15.9. The quantitative estimate of drug-likeness (QED) is 0.802. The minimum Gasteiger partial charge on any atom is -0.496 e. The van der Waals surface area contributed by atoms with E-state index in [0.29, 0.717) is 12.3 Å². The highest BCUT2D eigenvalue weighted by molar-refractivity contribution is 5.75. The first kappa shape index (κ1) is 15.6. The van der Waals surface area contributed by atoms with Crippen LogP contribution in [0.1, 0.15) is 17.4 Å². The molecule has 6 heteroatoms. The Hall–Kier alpha value is -2.76. The standard InChI is InChI=1S/C16H20N4O2/c1-4-9-18-16(21)19-14(15-17-10-11-20(15)2)12-7-5-6-8-13(12)22-3/h4-8,10-11,14H,1,9H2,2-3H3,(H2,18,19,21). The van der Waals surface area contributed by atoms with E-state index in [4.69, 9.17) is 4.74 Å². The third kappa shape index (κ3) is 3.46. The Morgan fingerprint density at radius 2 is 2.27 bits per heavy atom. The monoisotopic (exact) mass is 300 g/mol. The molecule has 2 aromatic rings. The van der Waals surface area contributed by atoms with Crippen LogP contribution in [0.2, 0.25) is 0 Å². The van der Waals surface area contributed by atoms with Crippen molar-refractivity contribution in [2.75, 3.05) is 13.7 Å². The summed E-state index contributed by atoms with van der Waals surface area (Å²) in [6.45, 7) is 3.98. The first-order valence-corrected chi connectivity index (χ1v) is 6.92. The normalized spacial score (nSPS) is 11.5. The maximum atomic E-state index is 12.0. The van der Waals surface area contributed by atoms with Gasteiger partial charge in [0.05, 0.1) is 7.11 Å². The molecule has 0 saturated carbocycles. The molecule has 2 N–H and O–H groups in total. The number of carbonyl (C=O) groups is 1. The van der Waals surface area contributed by atoms with Crippen molar-refractivity contribution < 1.29 is 9.53 Å². The third-order valence-corrected chi connectivity index (χ3v) is 3.25. The summed E-state index contributed by atoms with van der Waals surface area (Å²) in [5, 5.41) is 5.63. The molecule has 2 rings (SSSR count). The molecule has 1 heterocycles. The van der Waals surface area contributed by atoms with E-state index in [0.717, 1.165) is 11.4 Å². The lowest BCUT2D eigenvalue weighted by Gasteiger charge is -2.21. The number of hydrogen-bond acceptors (Lipinski definition) is 3. The summed E-state index contributed by atoms with van der Waals surface area (Å²) in [5.74, 6) is 1.41. The van der Waals surface area contributed by atoms with Crippen molar-refractivity contribution in [3.8, 4) is 5.75 Å². The number of urea groups is 1. The SMILES string of the molecule is C=CCNC(=O)NC(c1ccccc1OC)c1nccn1C. The minimum absolute atomic E-state index is 0.293. The average molecular weight is 300 g/mol. The molecule has 0 aliphatic heterocycles. The van der Waals surface area contributed by atoms with Gasteiger partial charge in [0.1, 0.15) is 17.6 Å². The molecule has 0 saturated heterocycles. The fourth-order valence-electron chi connectivity index (χ4n) is 2.19.